The zero-order valence-electron chi connectivity index (χ0n) is 20.5. The monoisotopic (exact) mass is 457 g/mol. The summed E-state index contributed by atoms with van der Waals surface area (Å²) in [7, 11) is 1.34. The summed E-state index contributed by atoms with van der Waals surface area (Å²) in [5, 5.41) is 5.87. The maximum absolute atomic E-state index is 12.7. The first-order valence-electron chi connectivity index (χ1n) is 12.2. The Labute approximate surface area is 197 Å². The Kier molecular flexibility index (Phi) is 10.9. The van der Waals surface area contributed by atoms with Gasteiger partial charge in [-0.25, -0.2) is 9.59 Å². The first kappa shape index (κ1) is 26.4. The number of nitrogens with zero attached hydrogens (tertiary/aromatic N) is 1. The Morgan fingerprint density at radius 2 is 1.64 bits per heavy atom. The molecule has 0 saturated heterocycles. The molecule has 0 radical (unpaired) electrons. The van der Waals surface area contributed by atoms with Gasteiger partial charge in [-0.1, -0.05) is 64.5 Å². The fourth-order valence-corrected chi connectivity index (χ4v) is 4.04. The molecular formula is C26H39N3O4. The highest BCUT2D eigenvalue weighted by molar-refractivity contribution is 5.95. The zero-order valence-corrected chi connectivity index (χ0v) is 20.5. The number of allylic oxidation sites excluding steroid dienone is 1. The van der Waals surface area contributed by atoms with Crippen molar-refractivity contribution in [2.24, 2.45) is 0 Å². The molecule has 182 valence electrons. The van der Waals surface area contributed by atoms with Gasteiger partial charge >= 0.3 is 12.0 Å². The van der Waals surface area contributed by atoms with E-state index in [9.17, 15) is 14.4 Å². The molecule has 1 atom stereocenters. The molecule has 0 aliphatic carbocycles. The Hall–Kier alpha value is -2.83. The lowest BCUT2D eigenvalue weighted by Gasteiger charge is -2.35. The van der Waals surface area contributed by atoms with E-state index >= 15 is 0 Å². The molecule has 1 aliphatic heterocycles. The van der Waals surface area contributed by atoms with Crippen LogP contribution in [0.15, 0.2) is 35.5 Å². The summed E-state index contributed by atoms with van der Waals surface area (Å²) in [6.07, 6.45) is 9.14. The predicted molar refractivity (Wildman–Crippen MR) is 131 cm³/mol. The van der Waals surface area contributed by atoms with Crippen LogP contribution >= 0.6 is 0 Å². The lowest BCUT2D eigenvalue weighted by Crippen LogP contribution is -2.48. The second kappa shape index (κ2) is 13.7. The Morgan fingerprint density at radius 1 is 1.00 bits per heavy atom. The maximum Gasteiger partial charge on any atom is 0.337 e. The van der Waals surface area contributed by atoms with Crippen LogP contribution in [-0.2, 0) is 14.3 Å². The smallest absolute Gasteiger partial charge is 0.337 e. The van der Waals surface area contributed by atoms with Crippen molar-refractivity contribution < 1.29 is 19.1 Å². The number of amides is 3. The lowest BCUT2D eigenvalue weighted by atomic mass is 9.94. The second-order valence-corrected chi connectivity index (χ2v) is 8.57. The van der Waals surface area contributed by atoms with E-state index in [2.05, 4.69) is 24.5 Å². The number of carbonyl (C=O) groups is 3. The van der Waals surface area contributed by atoms with Gasteiger partial charge in [0.15, 0.2) is 0 Å². The highest BCUT2D eigenvalue weighted by Gasteiger charge is 2.35. The van der Waals surface area contributed by atoms with E-state index in [0.717, 1.165) is 31.2 Å². The van der Waals surface area contributed by atoms with E-state index in [1.807, 2.05) is 12.1 Å². The van der Waals surface area contributed by atoms with Crippen LogP contribution in [-0.4, -0.2) is 36.5 Å². The van der Waals surface area contributed by atoms with Crippen LogP contribution in [0.1, 0.15) is 90.2 Å². The zero-order chi connectivity index (χ0) is 24.2. The SMILES string of the molecule is CCCCCCCCC(=O)Nc1ccc(C2NC(=O)N(CCCC)C(C)=C2C(=O)OC)cc1. The molecule has 1 unspecified atom stereocenters. The maximum atomic E-state index is 12.7. The van der Waals surface area contributed by atoms with Crippen molar-refractivity contribution in [3.8, 4) is 0 Å². The van der Waals surface area contributed by atoms with Gasteiger partial charge in [0, 0.05) is 24.4 Å². The van der Waals surface area contributed by atoms with E-state index in [0.29, 0.717) is 29.9 Å². The minimum Gasteiger partial charge on any atom is -0.466 e. The number of methoxy groups -OCH3 is 1. The van der Waals surface area contributed by atoms with Gasteiger partial charge in [0.1, 0.15) is 0 Å². The van der Waals surface area contributed by atoms with Crippen molar-refractivity contribution in [3.05, 3.63) is 41.1 Å². The van der Waals surface area contributed by atoms with Gasteiger partial charge in [-0.3, -0.25) is 9.69 Å². The second-order valence-electron chi connectivity index (χ2n) is 8.57. The van der Waals surface area contributed by atoms with Gasteiger partial charge in [0.05, 0.1) is 18.7 Å². The van der Waals surface area contributed by atoms with Crippen LogP contribution < -0.4 is 10.6 Å². The van der Waals surface area contributed by atoms with Gasteiger partial charge in [-0.05, 0) is 37.5 Å². The Balaban J connectivity index is 2.05. The quantitative estimate of drug-likeness (QED) is 0.294. The molecule has 7 nitrogen and oxygen atoms in total. The van der Waals surface area contributed by atoms with Crippen molar-refractivity contribution >= 4 is 23.6 Å². The van der Waals surface area contributed by atoms with Crippen LogP contribution in [0, 0.1) is 0 Å². The summed E-state index contributed by atoms with van der Waals surface area (Å²) in [4.78, 5) is 39.1. The molecule has 1 aromatic carbocycles. The third-order valence-electron chi connectivity index (χ3n) is 6.02. The molecule has 1 aliphatic rings. The number of urea groups is 1. The molecule has 0 saturated carbocycles. The number of esters is 1. The molecular weight excluding hydrogens is 418 g/mol. The number of benzene rings is 1. The van der Waals surface area contributed by atoms with Crippen molar-refractivity contribution in [2.45, 2.75) is 84.6 Å². The van der Waals surface area contributed by atoms with E-state index < -0.39 is 12.0 Å². The van der Waals surface area contributed by atoms with Gasteiger partial charge in [-0.2, -0.15) is 0 Å². The standard InChI is InChI=1S/C26H39N3O4/c1-5-7-9-10-11-12-13-22(30)27-21-16-14-20(15-17-21)24-23(25(31)33-4)19(3)29(18-8-6-2)26(32)28-24/h14-17,24H,5-13,18H2,1-4H3,(H,27,30)(H,28,32). The predicted octanol–water partition coefficient (Wildman–Crippen LogP) is 5.69. The van der Waals surface area contributed by atoms with Crippen molar-refractivity contribution in [2.75, 3.05) is 19.0 Å². The molecule has 2 rings (SSSR count). The third-order valence-corrected chi connectivity index (χ3v) is 6.02. The molecule has 1 aromatic rings. The molecule has 2 N–H and O–H groups in total. The van der Waals surface area contributed by atoms with Crippen molar-refractivity contribution in [1.82, 2.24) is 10.2 Å². The highest BCUT2D eigenvalue weighted by Crippen LogP contribution is 2.32. The summed E-state index contributed by atoms with van der Waals surface area (Å²) in [6.45, 7) is 6.57. The van der Waals surface area contributed by atoms with Gasteiger partial charge in [0.25, 0.3) is 0 Å². The highest BCUT2D eigenvalue weighted by atomic mass is 16.5. The van der Waals surface area contributed by atoms with Crippen LogP contribution in [0.25, 0.3) is 0 Å². The van der Waals surface area contributed by atoms with Crippen LogP contribution in [0.4, 0.5) is 10.5 Å². The normalized spacial score (nSPS) is 15.9. The molecule has 7 heteroatoms. The van der Waals surface area contributed by atoms with Crippen molar-refractivity contribution in [3.63, 3.8) is 0 Å². The molecule has 0 spiro atoms. The topological polar surface area (TPSA) is 87.7 Å². The van der Waals surface area contributed by atoms with E-state index in [-0.39, 0.29) is 11.9 Å². The van der Waals surface area contributed by atoms with Gasteiger partial charge < -0.3 is 15.4 Å². The van der Waals surface area contributed by atoms with Gasteiger partial charge in [-0.15, -0.1) is 0 Å². The number of unbranched alkanes of at least 4 members (excludes halogenated alkanes) is 6. The van der Waals surface area contributed by atoms with Crippen LogP contribution in [0.5, 0.6) is 0 Å². The van der Waals surface area contributed by atoms with E-state index in [1.165, 1.54) is 32.8 Å². The summed E-state index contributed by atoms with van der Waals surface area (Å²) in [5.74, 6) is -0.461. The summed E-state index contributed by atoms with van der Waals surface area (Å²) < 4.78 is 5.01. The summed E-state index contributed by atoms with van der Waals surface area (Å²) in [5.41, 5.74) is 2.49. The molecule has 33 heavy (non-hydrogen) atoms. The van der Waals surface area contributed by atoms with Crippen LogP contribution in [0.2, 0.25) is 0 Å². The number of rotatable bonds is 13. The van der Waals surface area contributed by atoms with Gasteiger partial charge in [0.2, 0.25) is 5.91 Å². The van der Waals surface area contributed by atoms with Crippen LogP contribution in [0.3, 0.4) is 0 Å². The number of ether oxygens (including phenoxy) is 1. The fourth-order valence-electron chi connectivity index (χ4n) is 4.04. The number of anilines is 1. The molecule has 3 amide bonds. The first-order valence-corrected chi connectivity index (χ1v) is 12.2. The number of hydrogen-bond acceptors (Lipinski definition) is 4. The molecule has 0 aromatic heterocycles. The third kappa shape index (κ3) is 7.62. The van der Waals surface area contributed by atoms with Crippen molar-refractivity contribution in [1.29, 1.82) is 0 Å². The summed E-state index contributed by atoms with van der Waals surface area (Å²) in [6, 6.07) is 6.42. The number of nitrogens with one attached hydrogen (secondary N) is 2. The number of hydrogen-bond donors (Lipinski definition) is 2. The average molecular weight is 458 g/mol. The first-order chi connectivity index (χ1) is 15.9. The van der Waals surface area contributed by atoms with E-state index in [1.54, 1.807) is 24.0 Å². The summed E-state index contributed by atoms with van der Waals surface area (Å²) >= 11 is 0. The molecule has 0 bridgehead atoms. The Bertz CT molecular complexity index is 832. The lowest BCUT2D eigenvalue weighted by molar-refractivity contribution is -0.136. The Morgan fingerprint density at radius 3 is 2.27 bits per heavy atom. The molecule has 1 heterocycles. The minimum atomic E-state index is -0.601. The molecule has 0 fully saturated rings. The minimum absolute atomic E-state index is 0.00164. The average Bonchev–Trinajstić information content (AvgIpc) is 2.81. The number of carbonyl (C=O) groups excluding carboxylic acids is 3. The largest absolute Gasteiger partial charge is 0.466 e. The van der Waals surface area contributed by atoms with E-state index in [4.69, 9.17) is 4.74 Å². The fraction of sp³-hybridized carbons (Fsp3) is 0.577.